The van der Waals surface area contributed by atoms with Crippen LogP contribution in [0.2, 0.25) is 0 Å². The van der Waals surface area contributed by atoms with Gasteiger partial charge in [-0.25, -0.2) is 0 Å². The molecule has 0 spiro atoms. The van der Waals surface area contributed by atoms with Gasteiger partial charge >= 0.3 is 0 Å². The molecule has 172 valence electrons. The van der Waals surface area contributed by atoms with Crippen LogP contribution in [0.15, 0.2) is 103 Å². The number of nitriles is 1. The molecule has 0 saturated heterocycles. The van der Waals surface area contributed by atoms with Gasteiger partial charge in [0, 0.05) is 11.8 Å². The molecule has 0 heterocycles. The molecule has 3 heteroatoms. The predicted octanol–water partition coefficient (Wildman–Crippen LogP) is 7.57. The van der Waals surface area contributed by atoms with Crippen LogP contribution in [0, 0.1) is 11.3 Å². The number of hydrogen-bond donors (Lipinski definition) is 0. The quantitative estimate of drug-likeness (QED) is 0.300. The van der Waals surface area contributed by atoms with Gasteiger partial charge in [-0.15, -0.1) is 0 Å². The fourth-order valence-electron chi connectivity index (χ4n) is 5.16. The average Bonchev–Trinajstić information content (AvgIpc) is 2.93. The Hall–Kier alpha value is -4.29. The van der Waals surface area contributed by atoms with Crippen molar-refractivity contribution in [1.29, 1.82) is 5.26 Å². The normalized spacial score (nSPS) is 17.2. The van der Waals surface area contributed by atoms with Gasteiger partial charge < -0.3 is 9.47 Å². The predicted molar refractivity (Wildman–Crippen MR) is 141 cm³/mol. The van der Waals surface area contributed by atoms with Crippen molar-refractivity contribution < 1.29 is 9.47 Å². The third-order valence-corrected chi connectivity index (χ3v) is 6.90. The van der Waals surface area contributed by atoms with Gasteiger partial charge in [0.1, 0.15) is 11.5 Å². The van der Waals surface area contributed by atoms with Crippen molar-refractivity contribution in [3.8, 4) is 28.7 Å². The Morgan fingerprint density at radius 1 is 0.714 bits per heavy atom. The van der Waals surface area contributed by atoms with Gasteiger partial charge in [-0.1, -0.05) is 84.9 Å². The Bertz CT molecular complexity index is 1380. The van der Waals surface area contributed by atoms with E-state index in [-0.39, 0.29) is 17.8 Å². The fourth-order valence-corrected chi connectivity index (χ4v) is 5.16. The zero-order valence-corrected chi connectivity index (χ0v) is 19.9. The van der Waals surface area contributed by atoms with Crippen molar-refractivity contribution in [1.82, 2.24) is 0 Å². The number of benzene rings is 4. The fraction of sp³-hybridized carbons (Fsp3) is 0.156. The number of ether oxygens (including phenoxy) is 2. The molecule has 1 aliphatic carbocycles. The van der Waals surface area contributed by atoms with Crippen LogP contribution in [-0.2, 0) is 0 Å². The molecule has 0 N–H and O–H groups in total. The van der Waals surface area contributed by atoms with Gasteiger partial charge in [-0.3, -0.25) is 0 Å². The Labute approximate surface area is 206 Å². The highest BCUT2D eigenvalue weighted by atomic mass is 16.5. The smallest absolute Gasteiger partial charge is 0.118 e. The minimum absolute atomic E-state index is 0.0119. The maximum absolute atomic E-state index is 10.4. The molecular weight excluding hydrogens is 430 g/mol. The average molecular weight is 458 g/mol. The van der Waals surface area contributed by atoms with E-state index < -0.39 is 0 Å². The molecule has 0 aliphatic heterocycles. The van der Waals surface area contributed by atoms with Crippen molar-refractivity contribution >= 4 is 6.08 Å². The molecule has 1 aliphatic rings. The van der Waals surface area contributed by atoms with Crippen LogP contribution in [0.3, 0.4) is 0 Å². The summed E-state index contributed by atoms with van der Waals surface area (Å²) < 4.78 is 10.7. The van der Waals surface area contributed by atoms with E-state index in [9.17, 15) is 5.26 Å². The van der Waals surface area contributed by atoms with Crippen molar-refractivity contribution in [2.75, 3.05) is 14.2 Å². The molecule has 0 fully saturated rings. The zero-order chi connectivity index (χ0) is 24.2. The first-order chi connectivity index (χ1) is 17.2. The summed E-state index contributed by atoms with van der Waals surface area (Å²) >= 11 is 0. The van der Waals surface area contributed by atoms with Crippen LogP contribution in [0.4, 0.5) is 0 Å². The summed E-state index contributed by atoms with van der Waals surface area (Å²) in [5.41, 5.74) is 6.89. The molecule has 0 unspecified atom stereocenters. The number of hydrogen-bond acceptors (Lipinski definition) is 3. The molecule has 3 nitrogen and oxygen atoms in total. The Morgan fingerprint density at radius 3 is 1.86 bits per heavy atom. The van der Waals surface area contributed by atoms with E-state index >= 15 is 0 Å². The highest BCUT2D eigenvalue weighted by Gasteiger charge is 2.38. The molecule has 35 heavy (non-hydrogen) atoms. The van der Waals surface area contributed by atoms with E-state index in [1.165, 1.54) is 11.1 Å². The van der Waals surface area contributed by atoms with Crippen LogP contribution < -0.4 is 9.47 Å². The second-order valence-electron chi connectivity index (χ2n) is 8.74. The first-order valence-corrected chi connectivity index (χ1v) is 11.8. The van der Waals surface area contributed by atoms with E-state index in [4.69, 9.17) is 9.47 Å². The third kappa shape index (κ3) is 4.32. The Kier molecular flexibility index (Phi) is 6.37. The molecule has 0 bridgehead atoms. The number of rotatable bonds is 6. The zero-order valence-electron chi connectivity index (χ0n) is 19.9. The first kappa shape index (κ1) is 22.5. The van der Waals surface area contributed by atoms with Crippen LogP contribution in [0.1, 0.15) is 40.0 Å². The largest absolute Gasteiger partial charge is 0.497 e. The Balaban J connectivity index is 1.66. The standard InChI is InChI=1S/C32H27NO2/c1-34-24-16-11-22(12-17-24)13-20-26(23-14-18-25(35-2)19-15-23)32-30-10-6-5-8-28(30)27-7-3-4-9-29(27)31(32)21-33/h3-20,26,31-32H,1-2H3/b20-13+/t26-,31-,32-/m0/s1. The van der Waals surface area contributed by atoms with E-state index in [2.05, 4.69) is 72.8 Å². The van der Waals surface area contributed by atoms with E-state index in [1.54, 1.807) is 14.2 Å². The van der Waals surface area contributed by atoms with Crippen molar-refractivity contribution in [2.24, 2.45) is 0 Å². The SMILES string of the molecule is COc1ccc(/C=C/[C@@H](c2ccc(OC)cc2)[C@H]2c3ccccc3-c3ccccc3[C@@H]2C#N)cc1. The summed E-state index contributed by atoms with van der Waals surface area (Å²) in [4.78, 5) is 0. The molecule has 3 atom stereocenters. The lowest BCUT2D eigenvalue weighted by Gasteiger charge is -2.36. The maximum atomic E-state index is 10.4. The van der Waals surface area contributed by atoms with E-state index in [0.717, 1.165) is 33.8 Å². The lowest BCUT2D eigenvalue weighted by molar-refractivity contribution is 0.414. The summed E-state index contributed by atoms with van der Waals surface area (Å²) in [5, 5.41) is 10.4. The summed E-state index contributed by atoms with van der Waals surface area (Å²) in [6.07, 6.45) is 4.38. The monoisotopic (exact) mass is 457 g/mol. The van der Waals surface area contributed by atoms with Crippen LogP contribution in [-0.4, -0.2) is 14.2 Å². The maximum Gasteiger partial charge on any atom is 0.118 e. The lowest BCUT2D eigenvalue weighted by atomic mass is 9.65. The van der Waals surface area contributed by atoms with Gasteiger partial charge in [0.15, 0.2) is 0 Å². The molecule has 5 rings (SSSR count). The van der Waals surface area contributed by atoms with Gasteiger partial charge in [0.05, 0.1) is 26.2 Å². The van der Waals surface area contributed by atoms with Crippen molar-refractivity contribution in [2.45, 2.75) is 17.8 Å². The van der Waals surface area contributed by atoms with Crippen molar-refractivity contribution in [3.05, 3.63) is 125 Å². The highest BCUT2D eigenvalue weighted by molar-refractivity contribution is 5.76. The minimum Gasteiger partial charge on any atom is -0.497 e. The summed E-state index contributed by atoms with van der Waals surface area (Å²) in [6.45, 7) is 0. The van der Waals surface area contributed by atoms with Gasteiger partial charge in [0.2, 0.25) is 0 Å². The second-order valence-corrected chi connectivity index (χ2v) is 8.74. The van der Waals surface area contributed by atoms with Crippen LogP contribution in [0.25, 0.3) is 17.2 Å². The first-order valence-electron chi connectivity index (χ1n) is 11.8. The minimum atomic E-state index is -0.270. The molecule has 0 saturated carbocycles. The molecular formula is C32H27NO2. The number of fused-ring (bicyclic) bond motifs is 3. The van der Waals surface area contributed by atoms with Crippen LogP contribution in [0.5, 0.6) is 11.5 Å². The summed E-state index contributed by atoms with van der Waals surface area (Å²) in [5.74, 6) is 1.33. The Morgan fingerprint density at radius 2 is 1.26 bits per heavy atom. The van der Waals surface area contributed by atoms with Gasteiger partial charge in [0.25, 0.3) is 0 Å². The second kappa shape index (κ2) is 9.91. The van der Waals surface area contributed by atoms with Crippen molar-refractivity contribution in [3.63, 3.8) is 0 Å². The molecule has 0 radical (unpaired) electrons. The number of nitrogens with zero attached hydrogens (tertiary/aromatic N) is 1. The van der Waals surface area contributed by atoms with Gasteiger partial charge in [-0.2, -0.15) is 5.26 Å². The molecule has 0 aromatic heterocycles. The molecule has 0 amide bonds. The summed E-state index contributed by atoms with van der Waals surface area (Å²) in [7, 11) is 3.35. The lowest BCUT2D eigenvalue weighted by Crippen LogP contribution is -2.22. The molecule has 4 aromatic carbocycles. The van der Waals surface area contributed by atoms with E-state index in [1.807, 2.05) is 42.5 Å². The molecule has 4 aromatic rings. The number of allylic oxidation sites excluding steroid dienone is 1. The number of methoxy groups -OCH3 is 2. The summed E-state index contributed by atoms with van der Waals surface area (Å²) in [6, 6.07) is 35.7. The highest BCUT2D eigenvalue weighted by Crippen LogP contribution is 2.52. The van der Waals surface area contributed by atoms with Gasteiger partial charge in [-0.05, 0) is 57.6 Å². The third-order valence-electron chi connectivity index (χ3n) is 6.90. The van der Waals surface area contributed by atoms with E-state index in [0.29, 0.717) is 0 Å². The topological polar surface area (TPSA) is 42.2 Å². The van der Waals surface area contributed by atoms with Crippen LogP contribution >= 0.6 is 0 Å².